The van der Waals surface area contributed by atoms with E-state index in [9.17, 15) is 0 Å². The zero-order valence-electron chi connectivity index (χ0n) is 14.5. The lowest BCUT2D eigenvalue weighted by Gasteiger charge is -2.24. The van der Waals surface area contributed by atoms with Crippen LogP contribution in [0, 0.1) is 6.92 Å². The average molecular weight is 351 g/mol. The third-order valence-electron chi connectivity index (χ3n) is 4.33. The summed E-state index contributed by atoms with van der Waals surface area (Å²) in [5, 5.41) is 1.70. The third-order valence-corrected chi connectivity index (χ3v) is 4.63. The van der Waals surface area contributed by atoms with Crippen LogP contribution in [-0.4, -0.2) is 22.8 Å². The number of hydrogen-bond donors (Lipinski definition) is 0. The van der Waals surface area contributed by atoms with Gasteiger partial charge in [0.25, 0.3) is 0 Å². The molecular formula is C21H19ClN2O. The van der Waals surface area contributed by atoms with Crippen LogP contribution in [0.1, 0.15) is 30.5 Å². The number of ether oxygens (including phenoxy) is 1. The molecule has 0 aliphatic carbocycles. The number of halogens is 1. The molecule has 2 heterocycles. The van der Waals surface area contributed by atoms with E-state index >= 15 is 0 Å². The van der Waals surface area contributed by atoms with Gasteiger partial charge in [0.1, 0.15) is 11.4 Å². The van der Waals surface area contributed by atoms with Crippen molar-refractivity contribution < 1.29 is 4.74 Å². The molecule has 0 fully saturated rings. The summed E-state index contributed by atoms with van der Waals surface area (Å²) >= 11 is 6.41. The van der Waals surface area contributed by atoms with Gasteiger partial charge in [0.05, 0.1) is 22.8 Å². The molecule has 0 spiro atoms. The minimum absolute atomic E-state index is 0.414. The molecule has 0 unspecified atom stereocenters. The van der Waals surface area contributed by atoms with Crippen molar-refractivity contribution in [3.05, 3.63) is 70.4 Å². The molecular weight excluding hydrogens is 332 g/mol. The molecule has 4 heteroatoms. The smallest absolute Gasteiger partial charge is 0.148 e. The largest absolute Gasteiger partial charge is 0.484 e. The maximum atomic E-state index is 6.41. The van der Waals surface area contributed by atoms with Gasteiger partial charge in [-0.05, 0) is 50.6 Å². The molecule has 4 rings (SSSR count). The van der Waals surface area contributed by atoms with Crippen molar-refractivity contribution in [1.29, 1.82) is 0 Å². The summed E-state index contributed by atoms with van der Waals surface area (Å²) in [6, 6.07) is 14.2. The maximum Gasteiger partial charge on any atom is 0.148 e. The van der Waals surface area contributed by atoms with Gasteiger partial charge in [-0.1, -0.05) is 29.8 Å². The predicted octanol–water partition coefficient (Wildman–Crippen LogP) is 5.21. The van der Waals surface area contributed by atoms with Crippen LogP contribution in [0.15, 0.2) is 53.7 Å². The van der Waals surface area contributed by atoms with E-state index in [0.29, 0.717) is 17.3 Å². The second-order valence-corrected chi connectivity index (χ2v) is 7.47. The fourth-order valence-corrected chi connectivity index (χ4v) is 3.28. The minimum Gasteiger partial charge on any atom is -0.484 e. The van der Waals surface area contributed by atoms with Crippen molar-refractivity contribution >= 4 is 28.2 Å². The summed E-state index contributed by atoms with van der Waals surface area (Å²) < 4.78 is 6.16. The van der Waals surface area contributed by atoms with Crippen molar-refractivity contribution in [3.8, 4) is 5.75 Å². The molecule has 2 aromatic carbocycles. The summed E-state index contributed by atoms with van der Waals surface area (Å²) in [6.07, 6.45) is 1.88. The molecule has 0 saturated heterocycles. The Morgan fingerprint density at radius 2 is 1.96 bits per heavy atom. The third kappa shape index (κ3) is 3.00. The second-order valence-electron chi connectivity index (χ2n) is 7.06. The first-order chi connectivity index (χ1) is 11.9. The molecule has 126 valence electrons. The molecule has 3 nitrogen and oxygen atoms in total. The van der Waals surface area contributed by atoms with Crippen LogP contribution in [0.5, 0.6) is 5.75 Å². The fourth-order valence-electron chi connectivity index (χ4n) is 3.07. The Morgan fingerprint density at radius 1 is 1.12 bits per heavy atom. The van der Waals surface area contributed by atoms with Gasteiger partial charge in [0.2, 0.25) is 0 Å². The molecule has 1 aromatic heterocycles. The topological polar surface area (TPSA) is 34.5 Å². The van der Waals surface area contributed by atoms with Crippen LogP contribution in [0.4, 0.5) is 0 Å². The van der Waals surface area contributed by atoms with Gasteiger partial charge in [0.15, 0.2) is 0 Å². The Balaban J connectivity index is 1.91. The van der Waals surface area contributed by atoms with Crippen LogP contribution >= 0.6 is 11.6 Å². The summed E-state index contributed by atoms with van der Waals surface area (Å²) in [5.74, 6) is 0.689. The Morgan fingerprint density at radius 3 is 2.80 bits per heavy atom. The molecule has 1 aliphatic heterocycles. The first-order valence-corrected chi connectivity index (χ1v) is 8.70. The highest BCUT2D eigenvalue weighted by molar-refractivity contribution is 6.33. The molecule has 3 aromatic rings. The normalized spacial score (nSPS) is 15.9. The number of fused-ring (bicyclic) bond motifs is 2. The van der Waals surface area contributed by atoms with Crippen LogP contribution < -0.4 is 4.74 Å². The molecule has 25 heavy (non-hydrogen) atoms. The molecule has 0 atom stereocenters. The van der Waals surface area contributed by atoms with E-state index in [2.05, 4.69) is 36.2 Å². The highest BCUT2D eigenvalue weighted by Gasteiger charge is 2.28. The van der Waals surface area contributed by atoms with Gasteiger partial charge in [-0.2, -0.15) is 0 Å². The lowest BCUT2D eigenvalue weighted by molar-refractivity contribution is 0.121. The number of benzene rings is 2. The Kier molecular flexibility index (Phi) is 3.77. The van der Waals surface area contributed by atoms with E-state index in [4.69, 9.17) is 21.3 Å². The maximum absolute atomic E-state index is 6.41. The van der Waals surface area contributed by atoms with Gasteiger partial charge in [0, 0.05) is 22.7 Å². The van der Waals surface area contributed by atoms with Gasteiger partial charge in [-0.25, -0.2) is 0 Å². The molecule has 1 aliphatic rings. The number of aliphatic imine (C=N–C) groups is 1. The van der Waals surface area contributed by atoms with Gasteiger partial charge < -0.3 is 4.74 Å². The van der Waals surface area contributed by atoms with Gasteiger partial charge in [-0.15, -0.1) is 0 Å². The monoisotopic (exact) mass is 350 g/mol. The van der Waals surface area contributed by atoms with Gasteiger partial charge in [-0.3, -0.25) is 9.98 Å². The minimum atomic E-state index is -0.414. The van der Waals surface area contributed by atoms with Gasteiger partial charge >= 0.3 is 0 Å². The number of rotatable bonds is 1. The quantitative estimate of drug-likeness (QED) is 0.604. The number of aromatic nitrogens is 1. The molecule has 0 N–H and O–H groups in total. The fraction of sp³-hybridized carbons (Fsp3) is 0.238. The Hall–Kier alpha value is -2.39. The van der Waals surface area contributed by atoms with E-state index in [-0.39, 0.29) is 0 Å². The number of nitrogens with zero attached hydrogens (tertiary/aromatic N) is 2. The Labute approximate surface area is 152 Å². The molecule has 0 amide bonds. The zero-order valence-corrected chi connectivity index (χ0v) is 15.3. The van der Waals surface area contributed by atoms with Crippen molar-refractivity contribution in [2.45, 2.75) is 26.4 Å². The van der Waals surface area contributed by atoms with Crippen LogP contribution in [0.3, 0.4) is 0 Å². The van der Waals surface area contributed by atoms with Crippen molar-refractivity contribution in [1.82, 2.24) is 4.98 Å². The second kappa shape index (κ2) is 5.85. The standard InChI is InChI=1S/C21H19ClN2O/c1-13-7-8-14-10-15(11-23-18(14)9-13)19-16-5-4-6-17(22)20(16)25-21(2,3)12-24-19/h4-11H,12H2,1-3H3. The van der Waals surface area contributed by atoms with Crippen molar-refractivity contribution in [3.63, 3.8) is 0 Å². The summed E-state index contributed by atoms with van der Waals surface area (Å²) in [7, 11) is 0. The summed E-state index contributed by atoms with van der Waals surface area (Å²) in [4.78, 5) is 9.47. The number of aryl methyl sites for hydroxylation is 1. The number of hydrogen-bond acceptors (Lipinski definition) is 3. The molecule has 0 bridgehead atoms. The van der Waals surface area contributed by atoms with E-state index in [1.54, 1.807) is 0 Å². The molecule has 0 saturated carbocycles. The van der Waals surface area contributed by atoms with E-state index in [0.717, 1.165) is 27.7 Å². The molecule has 0 radical (unpaired) electrons. The first-order valence-electron chi connectivity index (χ1n) is 8.32. The predicted molar refractivity (Wildman–Crippen MR) is 103 cm³/mol. The number of para-hydroxylation sites is 1. The van der Waals surface area contributed by atoms with E-state index in [1.807, 2.05) is 38.2 Å². The zero-order chi connectivity index (χ0) is 17.6. The lowest BCUT2D eigenvalue weighted by atomic mass is 10.0. The first kappa shape index (κ1) is 16.1. The summed E-state index contributed by atoms with van der Waals surface area (Å²) in [6.45, 7) is 6.67. The highest BCUT2D eigenvalue weighted by atomic mass is 35.5. The van der Waals surface area contributed by atoms with Crippen LogP contribution in [0.25, 0.3) is 10.9 Å². The Bertz CT molecular complexity index is 1010. The van der Waals surface area contributed by atoms with Crippen molar-refractivity contribution in [2.24, 2.45) is 4.99 Å². The number of pyridine rings is 1. The van der Waals surface area contributed by atoms with Crippen LogP contribution in [-0.2, 0) is 0 Å². The SMILES string of the molecule is Cc1ccc2cc(C3=NCC(C)(C)Oc4c(Cl)cccc43)cnc2c1. The lowest BCUT2D eigenvalue weighted by Crippen LogP contribution is -2.31. The summed E-state index contributed by atoms with van der Waals surface area (Å²) in [5.41, 5.74) is 4.53. The van der Waals surface area contributed by atoms with Crippen molar-refractivity contribution in [2.75, 3.05) is 6.54 Å². The highest BCUT2D eigenvalue weighted by Crippen LogP contribution is 2.36. The van der Waals surface area contributed by atoms with Crippen LogP contribution in [0.2, 0.25) is 5.02 Å². The van der Waals surface area contributed by atoms with E-state index < -0.39 is 5.60 Å². The van der Waals surface area contributed by atoms with E-state index in [1.165, 1.54) is 5.56 Å². The average Bonchev–Trinajstić information content (AvgIpc) is 2.71.